The lowest BCUT2D eigenvalue weighted by Gasteiger charge is -2.08. The lowest BCUT2D eigenvalue weighted by atomic mass is 10.2. The van der Waals surface area contributed by atoms with Gasteiger partial charge in [0.2, 0.25) is 11.8 Å². The molecule has 8 heteroatoms. The van der Waals surface area contributed by atoms with Crippen LogP contribution in [0.3, 0.4) is 0 Å². The van der Waals surface area contributed by atoms with Gasteiger partial charge in [-0.1, -0.05) is 48.0 Å². The number of anilines is 1. The molecule has 33 heavy (non-hydrogen) atoms. The third-order valence-corrected chi connectivity index (χ3v) is 7.04. The number of carbonyl (C=O) groups excluding carboxylic acids is 2. The molecular formula is C25H23N3O4S. The molecule has 0 aliphatic rings. The Morgan fingerprint density at radius 1 is 0.939 bits per heavy atom. The van der Waals surface area contributed by atoms with E-state index in [0.717, 1.165) is 5.56 Å². The number of benzene rings is 3. The Balaban J connectivity index is 1.59. The van der Waals surface area contributed by atoms with E-state index in [1.807, 2.05) is 31.2 Å². The molecule has 168 valence electrons. The van der Waals surface area contributed by atoms with E-state index in [9.17, 15) is 18.0 Å². The molecule has 0 unspecified atom stereocenters. The number of nitrogens with one attached hydrogen (secondary N) is 1. The molecule has 0 saturated heterocycles. The van der Waals surface area contributed by atoms with Crippen LogP contribution in [0.5, 0.6) is 0 Å². The van der Waals surface area contributed by atoms with Gasteiger partial charge in [0.1, 0.15) is 6.54 Å². The van der Waals surface area contributed by atoms with Crippen molar-refractivity contribution in [3.05, 3.63) is 95.7 Å². The SMILES string of the molecule is Cc1ccc(CS(=O)(=O)c2cn(CC(=O)Nc3ccc(C(N)=O)cc3)c3ccccc23)cc1. The zero-order valence-corrected chi connectivity index (χ0v) is 18.8. The topological polar surface area (TPSA) is 111 Å². The van der Waals surface area contributed by atoms with Crippen molar-refractivity contribution in [1.29, 1.82) is 0 Å². The second-order valence-electron chi connectivity index (χ2n) is 7.87. The largest absolute Gasteiger partial charge is 0.366 e. The molecular weight excluding hydrogens is 438 g/mol. The van der Waals surface area contributed by atoms with E-state index < -0.39 is 15.7 Å². The van der Waals surface area contributed by atoms with E-state index >= 15 is 0 Å². The lowest BCUT2D eigenvalue weighted by molar-refractivity contribution is -0.116. The van der Waals surface area contributed by atoms with Gasteiger partial charge in [0.15, 0.2) is 9.84 Å². The maximum absolute atomic E-state index is 13.2. The number of nitrogens with two attached hydrogens (primary N) is 1. The van der Waals surface area contributed by atoms with Gasteiger partial charge < -0.3 is 15.6 Å². The number of carbonyl (C=O) groups is 2. The van der Waals surface area contributed by atoms with Crippen molar-refractivity contribution in [3.8, 4) is 0 Å². The fraction of sp³-hybridized carbons (Fsp3) is 0.120. The summed E-state index contributed by atoms with van der Waals surface area (Å²) in [6, 6.07) is 20.7. The molecule has 3 N–H and O–H groups in total. The fourth-order valence-electron chi connectivity index (χ4n) is 3.65. The molecule has 3 aromatic carbocycles. The Labute approximate surface area is 191 Å². The number of amides is 2. The van der Waals surface area contributed by atoms with E-state index in [2.05, 4.69) is 5.32 Å². The van der Waals surface area contributed by atoms with E-state index in [1.54, 1.807) is 41.0 Å². The van der Waals surface area contributed by atoms with Crippen LogP contribution >= 0.6 is 0 Å². The molecule has 0 aliphatic carbocycles. The number of nitrogens with zero attached hydrogens (tertiary/aromatic N) is 1. The van der Waals surface area contributed by atoms with Crippen molar-refractivity contribution in [2.75, 3.05) is 5.32 Å². The van der Waals surface area contributed by atoms with Gasteiger partial charge >= 0.3 is 0 Å². The number of para-hydroxylation sites is 1. The third-order valence-electron chi connectivity index (χ3n) is 5.33. The summed E-state index contributed by atoms with van der Waals surface area (Å²) < 4.78 is 28.1. The molecule has 0 fully saturated rings. The van der Waals surface area contributed by atoms with Crippen LogP contribution in [0.4, 0.5) is 5.69 Å². The Morgan fingerprint density at radius 2 is 1.61 bits per heavy atom. The summed E-state index contributed by atoms with van der Waals surface area (Å²) in [6.07, 6.45) is 1.52. The third kappa shape index (κ3) is 4.96. The van der Waals surface area contributed by atoms with Crippen molar-refractivity contribution < 1.29 is 18.0 Å². The van der Waals surface area contributed by atoms with Gasteiger partial charge in [-0.15, -0.1) is 0 Å². The zero-order chi connectivity index (χ0) is 23.6. The number of primary amides is 1. The quantitative estimate of drug-likeness (QED) is 0.437. The van der Waals surface area contributed by atoms with Crippen LogP contribution in [-0.2, 0) is 26.9 Å². The molecule has 2 amide bonds. The number of aromatic nitrogens is 1. The first-order chi connectivity index (χ1) is 15.7. The predicted octanol–water partition coefficient (Wildman–Crippen LogP) is 3.66. The summed E-state index contributed by atoms with van der Waals surface area (Å²) in [7, 11) is -3.64. The highest BCUT2D eigenvalue weighted by Crippen LogP contribution is 2.28. The van der Waals surface area contributed by atoms with Crippen LogP contribution in [0.1, 0.15) is 21.5 Å². The minimum absolute atomic E-state index is 0.0713. The van der Waals surface area contributed by atoms with E-state index in [0.29, 0.717) is 27.7 Å². The molecule has 0 spiro atoms. The normalized spacial score (nSPS) is 11.4. The van der Waals surface area contributed by atoms with Crippen molar-refractivity contribution in [2.24, 2.45) is 5.73 Å². The number of fused-ring (bicyclic) bond motifs is 1. The maximum atomic E-state index is 13.2. The second kappa shape index (κ2) is 8.91. The second-order valence-corrected chi connectivity index (χ2v) is 9.83. The lowest BCUT2D eigenvalue weighted by Crippen LogP contribution is -2.18. The molecule has 1 aromatic heterocycles. The molecule has 0 bridgehead atoms. The average Bonchev–Trinajstić information content (AvgIpc) is 3.15. The first kappa shape index (κ1) is 22.3. The average molecular weight is 462 g/mol. The van der Waals surface area contributed by atoms with Gasteiger partial charge in [-0.25, -0.2) is 8.42 Å². The first-order valence-electron chi connectivity index (χ1n) is 10.3. The van der Waals surface area contributed by atoms with Crippen LogP contribution in [0.2, 0.25) is 0 Å². The molecule has 7 nitrogen and oxygen atoms in total. The Kier molecular flexibility index (Phi) is 6.02. The molecule has 0 atom stereocenters. The molecule has 0 saturated carbocycles. The smallest absolute Gasteiger partial charge is 0.248 e. The summed E-state index contributed by atoms with van der Waals surface area (Å²) in [4.78, 5) is 24.0. The Morgan fingerprint density at radius 3 is 2.27 bits per heavy atom. The van der Waals surface area contributed by atoms with Crippen LogP contribution in [-0.4, -0.2) is 24.8 Å². The minimum atomic E-state index is -3.64. The predicted molar refractivity (Wildman–Crippen MR) is 128 cm³/mol. The first-order valence-corrected chi connectivity index (χ1v) is 11.9. The van der Waals surface area contributed by atoms with Gasteiger partial charge in [0.25, 0.3) is 0 Å². The summed E-state index contributed by atoms with van der Waals surface area (Å²) in [5, 5.41) is 3.33. The summed E-state index contributed by atoms with van der Waals surface area (Å²) in [5.41, 5.74) is 8.50. The standard InChI is InChI=1S/C25H23N3O4S/c1-17-6-8-18(9-7-17)16-33(31,32)23-14-28(22-5-3-2-4-21(22)23)15-24(29)27-20-12-10-19(11-13-20)25(26)30/h2-14H,15-16H2,1H3,(H2,26,30)(H,27,29). The number of sulfone groups is 1. The number of hydrogen-bond donors (Lipinski definition) is 2. The fourth-order valence-corrected chi connectivity index (χ4v) is 5.23. The highest BCUT2D eigenvalue weighted by atomic mass is 32.2. The molecule has 0 radical (unpaired) electrons. The van der Waals surface area contributed by atoms with Crippen molar-refractivity contribution >= 4 is 38.2 Å². The molecule has 1 heterocycles. The van der Waals surface area contributed by atoms with Crippen LogP contribution in [0, 0.1) is 6.92 Å². The molecule has 0 aliphatic heterocycles. The van der Waals surface area contributed by atoms with Gasteiger partial charge in [-0.3, -0.25) is 9.59 Å². The van der Waals surface area contributed by atoms with Crippen molar-refractivity contribution in [3.63, 3.8) is 0 Å². The minimum Gasteiger partial charge on any atom is -0.366 e. The Bertz CT molecular complexity index is 1440. The maximum Gasteiger partial charge on any atom is 0.248 e. The van der Waals surface area contributed by atoms with E-state index in [1.165, 1.54) is 18.3 Å². The van der Waals surface area contributed by atoms with Gasteiger partial charge in [0, 0.05) is 28.4 Å². The van der Waals surface area contributed by atoms with E-state index in [-0.39, 0.29) is 23.1 Å². The van der Waals surface area contributed by atoms with Crippen molar-refractivity contribution in [1.82, 2.24) is 4.57 Å². The van der Waals surface area contributed by atoms with Crippen molar-refractivity contribution in [2.45, 2.75) is 24.1 Å². The van der Waals surface area contributed by atoms with Gasteiger partial charge in [-0.2, -0.15) is 0 Å². The molecule has 4 aromatic rings. The van der Waals surface area contributed by atoms with Gasteiger partial charge in [0.05, 0.1) is 10.6 Å². The zero-order valence-electron chi connectivity index (χ0n) is 18.0. The molecule has 4 rings (SSSR count). The summed E-state index contributed by atoms with van der Waals surface area (Å²) >= 11 is 0. The highest BCUT2D eigenvalue weighted by Gasteiger charge is 2.22. The highest BCUT2D eigenvalue weighted by molar-refractivity contribution is 7.90. The van der Waals surface area contributed by atoms with Gasteiger partial charge in [-0.05, 0) is 42.8 Å². The number of rotatable bonds is 7. The van der Waals surface area contributed by atoms with E-state index in [4.69, 9.17) is 5.73 Å². The summed E-state index contributed by atoms with van der Waals surface area (Å²) in [6.45, 7) is 1.88. The monoisotopic (exact) mass is 461 g/mol. The number of aryl methyl sites for hydroxylation is 1. The number of hydrogen-bond acceptors (Lipinski definition) is 4. The Hall–Kier alpha value is -3.91. The van der Waals surface area contributed by atoms with Crippen LogP contribution < -0.4 is 11.1 Å². The summed E-state index contributed by atoms with van der Waals surface area (Å²) in [5.74, 6) is -1.00. The van der Waals surface area contributed by atoms with Crippen LogP contribution in [0.25, 0.3) is 10.9 Å². The van der Waals surface area contributed by atoms with Crippen LogP contribution in [0.15, 0.2) is 83.9 Å².